The third-order valence-corrected chi connectivity index (χ3v) is 3.83. The van der Waals surface area contributed by atoms with Crippen molar-refractivity contribution in [2.75, 3.05) is 19.9 Å². The Bertz CT molecular complexity index is 589. The standard InChI is InChI=1S/C15H18N2O5/c18-6-5-16-15(20)11-2-4-14(19)17(11)8-10-1-3-12-13(7-10)22-9-21-12/h1,3,7,11,18H,2,4-6,8-9H2,(H,16,20). The molecular formula is C15H18N2O5. The van der Waals surface area contributed by atoms with E-state index in [-0.39, 0.29) is 31.8 Å². The number of likely N-dealkylation sites (tertiary alicyclic amines) is 1. The molecule has 0 saturated carbocycles. The molecule has 2 amide bonds. The van der Waals surface area contributed by atoms with Gasteiger partial charge in [-0.25, -0.2) is 0 Å². The third-order valence-electron chi connectivity index (χ3n) is 3.83. The first kappa shape index (κ1) is 14.6. The maximum absolute atomic E-state index is 12.1. The third kappa shape index (κ3) is 2.85. The summed E-state index contributed by atoms with van der Waals surface area (Å²) in [6.45, 7) is 0.635. The van der Waals surface area contributed by atoms with E-state index in [4.69, 9.17) is 14.6 Å². The molecule has 2 heterocycles. The number of nitrogens with one attached hydrogen (secondary N) is 1. The highest BCUT2D eigenvalue weighted by atomic mass is 16.7. The molecule has 0 radical (unpaired) electrons. The van der Waals surface area contributed by atoms with E-state index in [1.165, 1.54) is 0 Å². The number of ether oxygens (including phenoxy) is 2. The Morgan fingerprint density at radius 3 is 3.00 bits per heavy atom. The molecule has 1 saturated heterocycles. The van der Waals surface area contributed by atoms with Crippen LogP contribution in [0.2, 0.25) is 0 Å². The molecule has 2 N–H and O–H groups in total. The number of fused-ring (bicyclic) bond motifs is 1. The van der Waals surface area contributed by atoms with E-state index in [0.29, 0.717) is 30.9 Å². The molecule has 22 heavy (non-hydrogen) atoms. The van der Waals surface area contributed by atoms with E-state index >= 15 is 0 Å². The summed E-state index contributed by atoms with van der Waals surface area (Å²) in [6, 6.07) is 5.02. The number of rotatable bonds is 5. The average molecular weight is 306 g/mol. The number of carbonyl (C=O) groups excluding carboxylic acids is 2. The van der Waals surface area contributed by atoms with Crippen molar-refractivity contribution >= 4 is 11.8 Å². The Morgan fingerprint density at radius 1 is 1.36 bits per heavy atom. The molecule has 2 aliphatic heterocycles. The lowest BCUT2D eigenvalue weighted by Crippen LogP contribution is -2.45. The molecular weight excluding hydrogens is 288 g/mol. The summed E-state index contributed by atoms with van der Waals surface area (Å²) >= 11 is 0. The number of hydrogen-bond acceptors (Lipinski definition) is 5. The first-order valence-electron chi connectivity index (χ1n) is 7.25. The highest BCUT2D eigenvalue weighted by molar-refractivity contribution is 5.90. The Morgan fingerprint density at radius 2 is 2.18 bits per heavy atom. The highest BCUT2D eigenvalue weighted by Gasteiger charge is 2.35. The number of nitrogens with zero attached hydrogens (tertiary/aromatic N) is 1. The van der Waals surface area contributed by atoms with Crippen molar-refractivity contribution in [1.29, 1.82) is 0 Å². The Labute approximate surface area is 127 Å². The molecule has 1 unspecified atom stereocenters. The maximum Gasteiger partial charge on any atom is 0.242 e. The molecule has 1 fully saturated rings. The fraction of sp³-hybridized carbons (Fsp3) is 0.467. The van der Waals surface area contributed by atoms with Gasteiger partial charge in [0.05, 0.1) is 6.61 Å². The summed E-state index contributed by atoms with van der Waals surface area (Å²) in [7, 11) is 0. The molecule has 3 rings (SSSR count). The van der Waals surface area contributed by atoms with Crippen molar-refractivity contribution in [2.24, 2.45) is 0 Å². The molecule has 0 bridgehead atoms. The quantitative estimate of drug-likeness (QED) is 0.800. The molecule has 0 spiro atoms. The second-order valence-electron chi connectivity index (χ2n) is 5.28. The maximum atomic E-state index is 12.1. The van der Waals surface area contributed by atoms with Gasteiger partial charge in [0.25, 0.3) is 0 Å². The van der Waals surface area contributed by atoms with E-state index in [1.54, 1.807) is 11.0 Å². The molecule has 1 atom stereocenters. The lowest BCUT2D eigenvalue weighted by Gasteiger charge is -2.24. The largest absolute Gasteiger partial charge is 0.454 e. The van der Waals surface area contributed by atoms with Gasteiger partial charge in [-0.2, -0.15) is 0 Å². The van der Waals surface area contributed by atoms with Gasteiger partial charge in [-0.15, -0.1) is 0 Å². The monoisotopic (exact) mass is 306 g/mol. The molecule has 0 aromatic heterocycles. The summed E-state index contributed by atoms with van der Waals surface area (Å²) < 4.78 is 10.6. The number of amides is 2. The van der Waals surface area contributed by atoms with Crippen molar-refractivity contribution in [3.8, 4) is 11.5 Å². The van der Waals surface area contributed by atoms with Crippen molar-refractivity contribution < 1.29 is 24.2 Å². The van der Waals surface area contributed by atoms with Crippen LogP contribution < -0.4 is 14.8 Å². The fourth-order valence-electron chi connectivity index (χ4n) is 2.74. The summed E-state index contributed by atoms with van der Waals surface area (Å²) in [4.78, 5) is 25.7. The van der Waals surface area contributed by atoms with E-state index in [9.17, 15) is 9.59 Å². The minimum absolute atomic E-state index is 0.0400. The Hall–Kier alpha value is -2.28. The molecule has 0 aliphatic carbocycles. The molecule has 1 aromatic rings. The summed E-state index contributed by atoms with van der Waals surface area (Å²) in [5.74, 6) is 1.08. The SMILES string of the molecule is O=C(NCCO)C1CCC(=O)N1Cc1ccc2c(c1)OCO2. The van der Waals surface area contributed by atoms with Crippen LogP contribution in [-0.2, 0) is 16.1 Å². The van der Waals surface area contributed by atoms with E-state index < -0.39 is 6.04 Å². The van der Waals surface area contributed by atoms with Crippen LogP contribution in [0.5, 0.6) is 11.5 Å². The van der Waals surface area contributed by atoms with Crippen LogP contribution >= 0.6 is 0 Å². The van der Waals surface area contributed by atoms with Crippen LogP contribution in [0, 0.1) is 0 Å². The Kier molecular flexibility index (Phi) is 4.15. The zero-order valence-electron chi connectivity index (χ0n) is 12.1. The van der Waals surface area contributed by atoms with Gasteiger partial charge in [0.1, 0.15) is 6.04 Å². The zero-order valence-corrected chi connectivity index (χ0v) is 12.1. The molecule has 2 aliphatic rings. The number of hydrogen-bond donors (Lipinski definition) is 2. The molecule has 1 aromatic carbocycles. The van der Waals surface area contributed by atoms with Crippen LogP contribution in [0.1, 0.15) is 18.4 Å². The predicted octanol–water partition coefficient (Wildman–Crippen LogP) is 0.0148. The van der Waals surface area contributed by atoms with Crippen molar-refractivity contribution in [1.82, 2.24) is 10.2 Å². The van der Waals surface area contributed by atoms with Crippen LogP contribution in [0.15, 0.2) is 18.2 Å². The van der Waals surface area contributed by atoms with Gasteiger partial charge < -0.3 is 24.8 Å². The van der Waals surface area contributed by atoms with Gasteiger partial charge in [-0.05, 0) is 24.1 Å². The lowest BCUT2D eigenvalue weighted by molar-refractivity contribution is -0.135. The number of carbonyl (C=O) groups is 2. The molecule has 7 nitrogen and oxygen atoms in total. The average Bonchev–Trinajstić information content (AvgIpc) is 3.12. The number of aliphatic hydroxyl groups is 1. The second-order valence-corrected chi connectivity index (χ2v) is 5.28. The van der Waals surface area contributed by atoms with Crippen LogP contribution in [0.25, 0.3) is 0 Å². The zero-order chi connectivity index (χ0) is 15.5. The van der Waals surface area contributed by atoms with Gasteiger partial charge in [0.2, 0.25) is 18.6 Å². The highest BCUT2D eigenvalue weighted by Crippen LogP contribution is 2.33. The van der Waals surface area contributed by atoms with Gasteiger partial charge in [-0.3, -0.25) is 9.59 Å². The van der Waals surface area contributed by atoms with E-state index in [1.807, 2.05) is 12.1 Å². The van der Waals surface area contributed by atoms with Crippen molar-refractivity contribution in [3.05, 3.63) is 23.8 Å². The summed E-state index contributed by atoms with van der Waals surface area (Å²) in [6.07, 6.45) is 0.864. The number of aliphatic hydroxyl groups excluding tert-OH is 1. The van der Waals surface area contributed by atoms with Crippen molar-refractivity contribution in [3.63, 3.8) is 0 Å². The van der Waals surface area contributed by atoms with Gasteiger partial charge in [0.15, 0.2) is 11.5 Å². The van der Waals surface area contributed by atoms with Crippen LogP contribution in [0.3, 0.4) is 0 Å². The minimum Gasteiger partial charge on any atom is -0.454 e. The summed E-state index contributed by atoms with van der Waals surface area (Å²) in [5, 5.41) is 11.4. The fourth-order valence-corrected chi connectivity index (χ4v) is 2.74. The first-order valence-corrected chi connectivity index (χ1v) is 7.25. The normalized spacial score (nSPS) is 19.6. The van der Waals surface area contributed by atoms with Crippen LogP contribution in [-0.4, -0.2) is 47.8 Å². The minimum atomic E-state index is -0.482. The number of benzene rings is 1. The summed E-state index contributed by atoms with van der Waals surface area (Å²) in [5.41, 5.74) is 0.888. The van der Waals surface area contributed by atoms with Gasteiger partial charge >= 0.3 is 0 Å². The van der Waals surface area contributed by atoms with E-state index in [0.717, 1.165) is 5.56 Å². The lowest BCUT2D eigenvalue weighted by atomic mass is 10.1. The van der Waals surface area contributed by atoms with E-state index in [2.05, 4.69) is 5.32 Å². The second kappa shape index (κ2) is 6.23. The van der Waals surface area contributed by atoms with Gasteiger partial charge in [0, 0.05) is 19.5 Å². The topological polar surface area (TPSA) is 88.1 Å². The van der Waals surface area contributed by atoms with Crippen LogP contribution in [0.4, 0.5) is 0 Å². The smallest absolute Gasteiger partial charge is 0.242 e. The van der Waals surface area contributed by atoms with Gasteiger partial charge in [-0.1, -0.05) is 6.07 Å². The molecule has 7 heteroatoms. The molecule has 118 valence electrons. The first-order chi connectivity index (χ1) is 10.7. The Balaban J connectivity index is 1.71. The predicted molar refractivity (Wildman–Crippen MR) is 76.2 cm³/mol. The van der Waals surface area contributed by atoms with Crippen molar-refractivity contribution in [2.45, 2.75) is 25.4 Å².